The molecule has 1 amide bonds. The lowest BCUT2D eigenvalue weighted by molar-refractivity contribution is -0.385. The lowest BCUT2D eigenvalue weighted by Crippen LogP contribution is -2.40. The van der Waals surface area contributed by atoms with Gasteiger partial charge in [0, 0.05) is 6.07 Å². The highest BCUT2D eigenvalue weighted by atomic mass is 16.6. The van der Waals surface area contributed by atoms with Crippen LogP contribution in [0, 0.1) is 17.0 Å². The summed E-state index contributed by atoms with van der Waals surface area (Å²) in [6.07, 6.45) is 0. The topological polar surface area (TPSA) is 98.5 Å². The maximum Gasteiger partial charge on any atom is 0.328 e. The van der Waals surface area contributed by atoms with Crippen molar-refractivity contribution in [3.8, 4) is 0 Å². The standard InChI is InChI=1S/C13H16N2O5/c1-4-20-13(17)9(3)14-12(16)11-8(2)6-5-7-10(11)15(18)19/h5-7,9H,4H2,1-3H3,(H,14,16). The Kier molecular flexibility index (Phi) is 5.19. The molecule has 1 aromatic rings. The lowest BCUT2D eigenvalue weighted by Gasteiger charge is -2.13. The van der Waals surface area contributed by atoms with E-state index in [0.29, 0.717) is 5.56 Å². The number of ether oxygens (including phenoxy) is 1. The second kappa shape index (κ2) is 6.65. The highest BCUT2D eigenvalue weighted by molar-refractivity contribution is 6.01. The summed E-state index contributed by atoms with van der Waals surface area (Å²) >= 11 is 0. The van der Waals surface area contributed by atoms with Crippen LogP contribution in [0.3, 0.4) is 0 Å². The minimum absolute atomic E-state index is 0.0475. The number of nitro groups is 1. The Bertz CT molecular complexity index is 542. The van der Waals surface area contributed by atoms with Crippen molar-refractivity contribution >= 4 is 17.6 Å². The Hall–Kier alpha value is -2.44. The highest BCUT2D eigenvalue weighted by Gasteiger charge is 2.25. The zero-order valence-electron chi connectivity index (χ0n) is 11.5. The second-order valence-electron chi connectivity index (χ2n) is 4.17. The number of nitrogens with one attached hydrogen (secondary N) is 1. The number of carbonyl (C=O) groups is 2. The number of amides is 1. The van der Waals surface area contributed by atoms with Crippen molar-refractivity contribution in [1.82, 2.24) is 5.32 Å². The van der Waals surface area contributed by atoms with E-state index in [2.05, 4.69) is 5.32 Å². The number of nitrogens with zero attached hydrogens (tertiary/aromatic N) is 1. The Balaban J connectivity index is 2.98. The number of carbonyl (C=O) groups excluding carboxylic acids is 2. The molecule has 0 fully saturated rings. The van der Waals surface area contributed by atoms with Gasteiger partial charge in [-0.15, -0.1) is 0 Å². The molecule has 1 aromatic carbocycles. The van der Waals surface area contributed by atoms with Crippen LogP contribution in [0.2, 0.25) is 0 Å². The third kappa shape index (κ3) is 3.53. The zero-order valence-corrected chi connectivity index (χ0v) is 11.5. The molecule has 0 aromatic heterocycles. The van der Waals surface area contributed by atoms with Gasteiger partial charge in [0.2, 0.25) is 0 Å². The van der Waals surface area contributed by atoms with E-state index in [4.69, 9.17) is 4.74 Å². The molecule has 20 heavy (non-hydrogen) atoms. The maximum absolute atomic E-state index is 12.1. The predicted molar refractivity (Wildman–Crippen MR) is 71.4 cm³/mol. The third-order valence-corrected chi connectivity index (χ3v) is 2.66. The van der Waals surface area contributed by atoms with E-state index >= 15 is 0 Å². The van der Waals surface area contributed by atoms with Crippen LogP contribution < -0.4 is 5.32 Å². The van der Waals surface area contributed by atoms with Crippen molar-refractivity contribution in [2.45, 2.75) is 26.8 Å². The minimum atomic E-state index is -0.873. The van der Waals surface area contributed by atoms with Crippen LogP contribution in [-0.4, -0.2) is 29.4 Å². The molecule has 0 aliphatic carbocycles. The molecule has 0 bridgehead atoms. The summed E-state index contributed by atoms with van der Waals surface area (Å²) in [6, 6.07) is 3.47. The largest absolute Gasteiger partial charge is 0.464 e. The van der Waals surface area contributed by atoms with Gasteiger partial charge in [-0.2, -0.15) is 0 Å². The molecule has 1 rings (SSSR count). The number of benzene rings is 1. The Labute approximate surface area is 116 Å². The van der Waals surface area contributed by atoms with Crippen molar-refractivity contribution in [2.24, 2.45) is 0 Å². The van der Waals surface area contributed by atoms with E-state index in [1.165, 1.54) is 19.1 Å². The molecule has 0 radical (unpaired) electrons. The molecule has 0 aliphatic rings. The summed E-state index contributed by atoms with van der Waals surface area (Å²) < 4.78 is 4.76. The average Bonchev–Trinajstić information content (AvgIpc) is 2.38. The summed E-state index contributed by atoms with van der Waals surface area (Å²) in [5, 5.41) is 13.3. The van der Waals surface area contributed by atoms with Gasteiger partial charge >= 0.3 is 5.97 Å². The van der Waals surface area contributed by atoms with Crippen LogP contribution in [0.4, 0.5) is 5.69 Å². The second-order valence-corrected chi connectivity index (χ2v) is 4.17. The first kappa shape index (κ1) is 15.6. The summed E-state index contributed by atoms with van der Waals surface area (Å²) in [4.78, 5) is 33.8. The first-order valence-electron chi connectivity index (χ1n) is 6.10. The van der Waals surface area contributed by atoms with Crippen molar-refractivity contribution < 1.29 is 19.2 Å². The van der Waals surface area contributed by atoms with Gasteiger partial charge in [-0.25, -0.2) is 4.79 Å². The van der Waals surface area contributed by atoms with Crippen LogP contribution in [0.1, 0.15) is 29.8 Å². The van der Waals surface area contributed by atoms with Gasteiger partial charge in [-0.1, -0.05) is 12.1 Å². The number of esters is 1. The molecule has 7 heteroatoms. The average molecular weight is 280 g/mol. The first-order valence-corrected chi connectivity index (χ1v) is 6.10. The summed E-state index contributed by atoms with van der Waals surface area (Å²) in [5.74, 6) is -1.26. The summed E-state index contributed by atoms with van der Waals surface area (Å²) in [7, 11) is 0. The summed E-state index contributed by atoms with van der Waals surface area (Å²) in [5.41, 5.74) is 0.125. The van der Waals surface area contributed by atoms with E-state index < -0.39 is 22.8 Å². The maximum atomic E-state index is 12.1. The monoisotopic (exact) mass is 280 g/mol. The molecular formula is C13H16N2O5. The van der Waals surface area contributed by atoms with Gasteiger partial charge in [-0.05, 0) is 26.3 Å². The van der Waals surface area contributed by atoms with Crippen molar-refractivity contribution in [1.29, 1.82) is 0 Å². The lowest BCUT2D eigenvalue weighted by atomic mass is 10.1. The Morgan fingerprint density at radius 1 is 1.45 bits per heavy atom. The van der Waals surface area contributed by atoms with Crippen LogP contribution in [0.5, 0.6) is 0 Å². The predicted octanol–water partition coefficient (Wildman–Crippen LogP) is 1.58. The van der Waals surface area contributed by atoms with Crippen molar-refractivity contribution in [3.63, 3.8) is 0 Å². The van der Waals surface area contributed by atoms with Gasteiger partial charge < -0.3 is 10.1 Å². The van der Waals surface area contributed by atoms with Gasteiger partial charge in [0.25, 0.3) is 11.6 Å². The smallest absolute Gasteiger partial charge is 0.328 e. The zero-order chi connectivity index (χ0) is 15.3. The minimum Gasteiger partial charge on any atom is -0.464 e. The fraction of sp³-hybridized carbons (Fsp3) is 0.385. The van der Waals surface area contributed by atoms with E-state index in [-0.39, 0.29) is 17.9 Å². The quantitative estimate of drug-likeness (QED) is 0.501. The van der Waals surface area contributed by atoms with Gasteiger partial charge in [-0.3, -0.25) is 14.9 Å². The molecule has 0 saturated heterocycles. The van der Waals surface area contributed by atoms with Crippen molar-refractivity contribution in [3.05, 3.63) is 39.4 Å². The first-order chi connectivity index (χ1) is 9.38. The fourth-order valence-electron chi connectivity index (χ4n) is 1.69. The van der Waals surface area contributed by atoms with Crippen LogP contribution in [0.15, 0.2) is 18.2 Å². The highest BCUT2D eigenvalue weighted by Crippen LogP contribution is 2.21. The van der Waals surface area contributed by atoms with E-state index in [0.717, 1.165) is 0 Å². The molecule has 0 heterocycles. The fourth-order valence-corrected chi connectivity index (χ4v) is 1.69. The van der Waals surface area contributed by atoms with Crippen LogP contribution in [0.25, 0.3) is 0 Å². The van der Waals surface area contributed by atoms with E-state index in [9.17, 15) is 19.7 Å². The van der Waals surface area contributed by atoms with E-state index in [1.807, 2.05) is 0 Å². The third-order valence-electron chi connectivity index (χ3n) is 2.66. The van der Waals surface area contributed by atoms with Gasteiger partial charge in [0.1, 0.15) is 11.6 Å². The van der Waals surface area contributed by atoms with E-state index in [1.54, 1.807) is 19.9 Å². The van der Waals surface area contributed by atoms with Gasteiger partial charge in [0.15, 0.2) is 0 Å². The molecule has 7 nitrogen and oxygen atoms in total. The number of aryl methyl sites for hydroxylation is 1. The van der Waals surface area contributed by atoms with Crippen molar-refractivity contribution in [2.75, 3.05) is 6.61 Å². The molecule has 1 atom stereocenters. The molecule has 1 unspecified atom stereocenters. The Morgan fingerprint density at radius 3 is 2.65 bits per heavy atom. The number of rotatable bonds is 5. The molecule has 0 aliphatic heterocycles. The molecule has 1 N–H and O–H groups in total. The Morgan fingerprint density at radius 2 is 2.10 bits per heavy atom. The number of hydrogen-bond acceptors (Lipinski definition) is 5. The molecule has 0 saturated carbocycles. The molecular weight excluding hydrogens is 264 g/mol. The number of hydrogen-bond donors (Lipinski definition) is 1. The number of nitro benzene ring substituents is 1. The van der Waals surface area contributed by atoms with Crippen LogP contribution >= 0.6 is 0 Å². The molecule has 0 spiro atoms. The van der Waals surface area contributed by atoms with Gasteiger partial charge in [0.05, 0.1) is 11.5 Å². The van der Waals surface area contributed by atoms with Crippen LogP contribution in [-0.2, 0) is 9.53 Å². The summed E-state index contributed by atoms with van der Waals surface area (Å²) in [6.45, 7) is 4.90. The molecule has 108 valence electrons. The SMILES string of the molecule is CCOC(=O)C(C)NC(=O)c1c(C)cccc1[N+](=O)[O-]. The normalized spacial score (nSPS) is 11.6.